The van der Waals surface area contributed by atoms with Crippen molar-refractivity contribution in [1.82, 2.24) is 4.90 Å². The van der Waals surface area contributed by atoms with Crippen LogP contribution >= 0.6 is 0 Å². The zero-order valence-corrected chi connectivity index (χ0v) is 14.3. The van der Waals surface area contributed by atoms with E-state index in [-0.39, 0.29) is 31.5 Å². The van der Waals surface area contributed by atoms with Crippen LogP contribution in [0.3, 0.4) is 0 Å². The Hall–Kier alpha value is -1.79. The van der Waals surface area contributed by atoms with Gasteiger partial charge in [-0.25, -0.2) is 4.79 Å². The average Bonchev–Trinajstić information content (AvgIpc) is 2.36. The van der Waals surface area contributed by atoms with Crippen molar-refractivity contribution in [2.45, 2.75) is 77.5 Å². The van der Waals surface area contributed by atoms with Gasteiger partial charge in [0.25, 0.3) is 0 Å². The van der Waals surface area contributed by atoms with Gasteiger partial charge in [0, 0.05) is 12.1 Å². The average molecular weight is 329 g/mol. The van der Waals surface area contributed by atoms with Gasteiger partial charge in [-0.3, -0.25) is 9.59 Å². The lowest BCUT2D eigenvalue weighted by Crippen LogP contribution is -2.53. The van der Waals surface area contributed by atoms with Crippen LogP contribution in [0.4, 0.5) is 4.79 Å². The molecular weight excluding hydrogens is 302 g/mol. The fraction of sp³-hybridized carbons (Fsp3) is 0.812. The minimum Gasteiger partial charge on any atom is -0.481 e. The maximum atomic E-state index is 12.5. The van der Waals surface area contributed by atoms with Crippen LogP contribution in [-0.4, -0.2) is 52.3 Å². The van der Waals surface area contributed by atoms with Gasteiger partial charge in [0.2, 0.25) is 0 Å². The lowest BCUT2D eigenvalue weighted by Gasteiger charge is -2.41. The number of rotatable bonds is 5. The Morgan fingerprint density at radius 2 is 1.70 bits per heavy atom. The number of esters is 1. The molecular formula is C16H27NO6. The van der Waals surface area contributed by atoms with Crippen LogP contribution in [0.25, 0.3) is 0 Å². The van der Waals surface area contributed by atoms with Crippen molar-refractivity contribution in [3.63, 3.8) is 0 Å². The van der Waals surface area contributed by atoms with E-state index in [1.165, 1.54) is 4.90 Å². The van der Waals surface area contributed by atoms with E-state index >= 15 is 0 Å². The maximum absolute atomic E-state index is 12.5. The summed E-state index contributed by atoms with van der Waals surface area (Å²) in [5, 5.41) is 9.08. The molecule has 132 valence electrons. The molecule has 7 heteroatoms. The first-order valence-electron chi connectivity index (χ1n) is 8.02. The lowest BCUT2D eigenvalue weighted by molar-refractivity contribution is -0.145. The first-order chi connectivity index (χ1) is 10.6. The summed E-state index contributed by atoms with van der Waals surface area (Å²) in [5.74, 6) is -1.36. The summed E-state index contributed by atoms with van der Waals surface area (Å²) in [7, 11) is 0. The molecule has 1 heterocycles. The normalized spacial score (nSPS) is 21.7. The second-order valence-corrected chi connectivity index (χ2v) is 6.73. The van der Waals surface area contributed by atoms with Gasteiger partial charge in [0.05, 0.1) is 19.4 Å². The number of carbonyl (C=O) groups excluding carboxylic acids is 2. The van der Waals surface area contributed by atoms with E-state index in [0.29, 0.717) is 12.8 Å². The molecule has 0 spiro atoms. The molecule has 0 aromatic rings. The SMILES string of the molecule is CCOC(=O)CC1CCCC(CC(=O)O)N1C(=O)OC(C)(C)C. The van der Waals surface area contributed by atoms with Crippen molar-refractivity contribution >= 4 is 18.0 Å². The summed E-state index contributed by atoms with van der Waals surface area (Å²) in [6.07, 6.45) is 1.32. The topological polar surface area (TPSA) is 93.1 Å². The quantitative estimate of drug-likeness (QED) is 0.779. The standard InChI is InChI=1S/C16H27NO6/c1-5-22-14(20)10-12-8-6-7-11(9-13(18)19)17(12)15(21)23-16(2,3)4/h11-12H,5-10H2,1-4H3,(H,18,19). The van der Waals surface area contributed by atoms with Crippen LogP contribution < -0.4 is 0 Å². The fourth-order valence-corrected chi connectivity index (χ4v) is 2.79. The van der Waals surface area contributed by atoms with Crippen molar-refractivity contribution < 1.29 is 29.0 Å². The summed E-state index contributed by atoms with van der Waals surface area (Å²) in [4.78, 5) is 36.8. The van der Waals surface area contributed by atoms with E-state index in [9.17, 15) is 14.4 Å². The van der Waals surface area contributed by atoms with Crippen LogP contribution in [-0.2, 0) is 19.1 Å². The van der Waals surface area contributed by atoms with E-state index < -0.39 is 23.7 Å². The highest BCUT2D eigenvalue weighted by molar-refractivity contribution is 5.74. The van der Waals surface area contributed by atoms with E-state index in [1.807, 2.05) is 0 Å². The van der Waals surface area contributed by atoms with Gasteiger partial charge in [-0.05, 0) is 47.0 Å². The Morgan fingerprint density at radius 1 is 1.13 bits per heavy atom. The third-order valence-corrected chi connectivity index (χ3v) is 3.58. The number of carboxylic acids is 1. The van der Waals surface area contributed by atoms with Crippen molar-refractivity contribution in [3.05, 3.63) is 0 Å². The largest absolute Gasteiger partial charge is 0.481 e. The van der Waals surface area contributed by atoms with Crippen LogP contribution in [0.2, 0.25) is 0 Å². The van der Waals surface area contributed by atoms with Crippen molar-refractivity contribution in [3.8, 4) is 0 Å². The summed E-state index contributed by atoms with van der Waals surface area (Å²) in [5.41, 5.74) is -0.684. The molecule has 23 heavy (non-hydrogen) atoms. The number of nitrogens with zero attached hydrogens (tertiary/aromatic N) is 1. The second kappa shape index (κ2) is 8.17. The molecule has 1 saturated heterocycles. The maximum Gasteiger partial charge on any atom is 0.410 e. The summed E-state index contributed by atoms with van der Waals surface area (Å²) in [6.45, 7) is 7.25. The molecule has 1 amide bonds. The highest BCUT2D eigenvalue weighted by Crippen LogP contribution is 2.29. The Balaban J connectivity index is 2.93. The van der Waals surface area contributed by atoms with E-state index in [4.69, 9.17) is 14.6 Å². The third-order valence-electron chi connectivity index (χ3n) is 3.58. The summed E-state index contributed by atoms with van der Waals surface area (Å²) in [6, 6.07) is -0.850. The molecule has 1 rings (SSSR count). The zero-order chi connectivity index (χ0) is 17.6. The molecule has 2 unspecified atom stereocenters. The first kappa shape index (κ1) is 19.3. The Kier molecular flexibility index (Phi) is 6.84. The summed E-state index contributed by atoms with van der Waals surface area (Å²) < 4.78 is 10.4. The zero-order valence-electron chi connectivity index (χ0n) is 14.3. The highest BCUT2D eigenvalue weighted by Gasteiger charge is 2.38. The molecule has 1 N–H and O–H groups in total. The van der Waals surface area contributed by atoms with Gasteiger partial charge < -0.3 is 19.5 Å². The third kappa shape index (κ3) is 6.46. The predicted molar refractivity (Wildman–Crippen MR) is 83.0 cm³/mol. The Bertz CT molecular complexity index is 442. The minimum absolute atomic E-state index is 0.0587. The van der Waals surface area contributed by atoms with Gasteiger partial charge in [-0.2, -0.15) is 0 Å². The van der Waals surface area contributed by atoms with Gasteiger partial charge in [-0.1, -0.05) is 0 Å². The van der Waals surface area contributed by atoms with Crippen molar-refractivity contribution in [2.24, 2.45) is 0 Å². The van der Waals surface area contributed by atoms with Crippen LogP contribution in [0, 0.1) is 0 Å². The van der Waals surface area contributed by atoms with Gasteiger partial charge in [0.15, 0.2) is 0 Å². The minimum atomic E-state index is -0.972. The van der Waals surface area contributed by atoms with E-state index in [1.54, 1.807) is 27.7 Å². The highest BCUT2D eigenvalue weighted by atomic mass is 16.6. The number of carboxylic acid groups (broad SMARTS) is 1. The van der Waals surface area contributed by atoms with Crippen molar-refractivity contribution in [2.75, 3.05) is 6.61 Å². The first-order valence-corrected chi connectivity index (χ1v) is 8.02. The lowest BCUT2D eigenvalue weighted by atomic mass is 9.92. The second-order valence-electron chi connectivity index (χ2n) is 6.73. The molecule has 0 aliphatic carbocycles. The number of ether oxygens (including phenoxy) is 2. The molecule has 2 atom stereocenters. The molecule has 0 aromatic heterocycles. The Morgan fingerprint density at radius 3 is 2.17 bits per heavy atom. The van der Waals surface area contributed by atoms with E-state index in [0.717, 1.165) is 6.42 Å². The van der Waals surface area contributed by atoms with Crippen molar-refractivity contribution in [1.29, 1.82) is 0 Å². The smallest absolute Gasteiger partial charge is 0.410 e. The summed E-state index contributed by atoms with van der Waals surface area (Å²) >= 11 is 0. The number of piperidine rings is 1. The number of aliphatic carboxylic acids is 1. The molecule has 1 fully saturated rings. The number of amides is 1. The van der Waals surface area contributed by atoms with Gasteiger partial charge in [0.1, 0.15) is 5.60 Å². The molecule has 0 radical (unpaired) electrons. The van der Waals surface area contributed by atoms with E-state index in [2.05, 4.69) is 0 Å². The Labute approximate surface area is 136 Å². The van der Waals surface area contributed by atoms with Crippen LogP contribution in [0.5, 0.6) is 0 Å². The van der Waals surface area contributed by atoms with Crippen LogP contribution in [0.15, 0.2) is 0 Å². The number of hydrogen-bond donors (Lipinski definition) is 1. The van der Waals surface area contributed by atoms with Gasteiger partial charge in [-0.15, -0.1) is 0 Å². The molecule has 0 bridgehead atoms. The molecule has 0 aromatic carbocycles. The number of hydrogen-bond acceptors (Lipinski definition) is 5. The monoisotopic (exact) mass is 329 g/mol. The fourth-order valence-electron chi connectivity index (χ4n) is 2.79. The molecule has 7 nitrogen and oxygen atoms in total. The molecule has 0 saturated carbocycles. The molecule has 1 aliphatic rings. The number of likely N-dealkylation sites (tertiary alicyclic amines) is 1. The predicted octanol–water partition coefficient (Wildman–Crippen LogP) is 2.57. The number of carbonyl (C=O) groups is 3. The van der Waals surface area contributed by atoms with Crippen LogP contribution in [0.1, 0.15) is 59.8 Å². The molecule has 1 aliphatic heterocycles. The van der Waals surface area contributed by atoms with Gasteiger partial charge >= 0.3 is 18.0 Å².